The first-order valence-corrected chi connectivity index (χ1v) is 2.27. The van der Waals surface area contributed by atoms with E-state index >= 15 is 0 Å². The molecule has 0 aromatic heterocycles. The monoisotopic (exact) mass is 170 g/mol. The predicted molar refractivity (Wildman–Crippen MR) is 29.0 cm³/mol. The summed E-state index contributed by atoms with van der Waals surface area (Å²) in [5.74, 6) is -1.16. The topological polar surface area (TPSA) is 40.1 Å². The molecule has 3 heteroatoms. The van der Waals surface area contributed by atoms with E-state index in [0.29, 0.717) is 0 Å². The largest absolute Gasteiger partial charge is 0.545 e. The van der Waals surface area contributed by atoms with E-state index in [0.717, 1.165) is 6.08 Å². The van der Waals surface area contributed by atoms with E-state index in [2.05, 4.69) is 0 Å². The Morgan fingerprint density at radius 3 is 2.33 bits per heavy atom. The van der Waals surface area contributed by atoms with E-state index in [4.69, 9.17) is 0 Å². The molecule has 53 valence electrons. The number of allylic oxidation sites excluding steroid dienone is 3. The number of carbonyl (C=O) groups is 1. The van der Waals surface area contributed by atoms with Crippen molar-refractivity contribution in [1.82, 2.24) is 0 Å². The molecule has 0 saturated carbocycles. The molecule has 0 aliphatic rings. The first-order valence-electron chi connectivity index (χ1n) is 2.27. The standard InChI is InChI=1S/C6H8O2.Co/c1-2-3-4-5-6(7)8;/h2-5H,1H3,(H,7,8);/p-1/b3-2+,5-4+;. The number of rotatable bonds is 2. The maximum absolute atomic E-state index is 9.64. The van der Waals surface area contributed by atoms with Crippen LogP contribution < -0.4 is 5.11 Å². The number of carboxylic acids is 1. The summed E-state index contributed by atoms with van der Waals surface area (Å²) in [5, 5.41) is 9.64. The van der Waals surface area contributed by atoms with Gasteiger partial charge in [0.25, 0.3) is 0 Å². The summed E-state index contributed by atoms with van der Waals surface area (Å²) in [6.45, 7) is 1.81. The van der Waals surface area contributed by atoms with Crippen LogP contribution in [0.2, 0.25) is 0 Å². The normalized spacial score (nSPS) is 9.89. The van der Waals surface area contributed by atoms with E-state index in [-0.39, 0.29) is 16.8 Å². The quantitative estimate of drug-likeness (QED) is 0.427. The van der Waals surface area contributed by atoms with Crippen molar-refractivity contribution in [3.05, 3.63) is 24.3 Å². The molecule has 0 bridgehead atoms. The van der Waals surface area contributed by atoms with Crippen molar-refractivity contribution in [3.8, 4) is 0 Å². The third-order valence-electron chi connectivity index (χ3n) is 0.536. The molecule has 0 N–H and O–H groups in total. The molecule has 0 aliphatic heterocycles. The van der Waals surface area contributed by atoms with Gasteiger partial charge in [0.05, 0.1) is 5.97 Å². The molecule has 2 nitrogen and oxygen atoms in total. The summed E-state index contributed by atoms with van der Waals surface area (Å²) in [7, 11) is 0. The SMILES string of the molecule is C/C=C/C=C/C(=O)[O-].[Co]. The fourth-order valence-corrected chi connectivity index (χ4v) is 0.245. The number of hydrogen-bond acceptors (Lipinski definition) is 2. The van der Waals surface area contributed by atoms with Crippen LogP contribution in [0.3, 0.4) is 0 Å². The average molecular weight is 170 g/mol. The summed E-state index contributed by atoms with van der Waals surface area (Å²) in [6, 6.07) is 0. The van der Waals surface area contributed by atoms with Crippen molar-refractivity contribution in [1.29, 1.82) is 0 Å². The Bertz CT molecular complexity index is 127. The second-order valence-corrected chi connectivity index (χ2v) is 1.20. The molecule has 0 atom stereocenters. The van der Waals surface area contributed by atoms with Gasteiger partial charge < -0.3 is 9.90 Å². The van der Waals surface area contributed by atoms with Gasteiger partial charge in [-0.3, -0.25) is 0 Å². The molecule has 1 radical (unpaired) electrons. The summed E-state index contributed by atoms with van der Waals surface area (Å²) in [4.78, 5) is 9.64. The summed E-state index contributed by atoms with van der Waals surface area (Å²) in [5.41, 5.74) is 0. The molecule has 0 aliphatic carbocycles. The van der Waals surface area contributed by atoms with Gasteiger partial charge in [-0.25, -0.2) is 0 Å². The molecular formula is C6H7CoO2-. The maximum atomic E-state index is 9.64. The minimum absolute atomic E-state index is 0. The van der Waals surface area contributed by atoms with E-state index < -0.39 is 5.97 Å². The van der Waals surface area contributed by atoms with Crippen LogP contribution in [0.15, 0.2) is 24.3 Å². The van der Waals surface area contributed by atoms with Gasteiger partial charge in [0.15, 0.2) is 0 Å². The van der Waals surface area contributed by atoms with Crippen LogP contribution in [0.4, 0.5) is 0 Å². The van der Waals surface area contributed by atoms with Crippen molar-refractivity contribution in [2.45, 2.75) is 6.92 Å². The Hall–Kier alpha value is -0.544. The van der Waals surface area contributed by atoms with Crippen molar-refractivity contribution in [2.75, 3.05) is 0 Å². The Labute approximate surface area is 64.5 Å². The van der Waals surface area contributed by atoms with Crippen molar-refractivity contribution in [3.63, 3.8) is 0 Å². The number of hydrogen-bond donors (Lipinski definition) is 0. The van der Waals surface area contributed by atoms with Crippen LogP contribution in [0.5, 0.6) is 0 Å². The van der Waals surface area contributed by atoms with E-state index in [1.54, 1.807) is 19.1 Å². The van der Waals surface area contributed by atoms with E-state index in [1.165, 1.54) is 6.08 Å². The Kier molecular flexibility index (Phi) is 9.34. The molecule has 0 spiro atoms. The second kappa shape index (κ2) is 7.46. The van der Waals surface area contributed by atoms with Gasteiger partial charge in [0, 0.05) is 16.8 Å². The minimum Gasteiger partial charge on any atom is -0.545 e. The van der Waals surface area contributed by atoms with Gasteiger partial charge in [-0.15, -0.1) is 0 Å². The van der Waals surface area contributed by atoms with Gasteiger partial charge in [0.2, 0.25) is 0 Å². The van der Waals surface area contributed by atoms with Crippen molar-refractivity contribution >= 4 is 5.97 Å². The Morgan fingerprint density at radius 1 is 1.44 bits per heavy atom. The number of carboxylic acid groups (broad SMARTS) is 1. The van der Waals surface area contributed by atoms with Crippen molar-refractivity contribution < 1.29 is 26.7 Å². The second-order valence-electron chi connectivity index (χ2n) is 1.20. The van der Waals surface area contributed by atoms with Gasteiger partial charge in [-0.2, -0.15) is 0 Å². The minimum atomic E-state index is -1.16. The summed E-state index contributed by atoms with van der Waals surface area (Å²) in [6.07, 6.45) is 5.74. The molecule has 0 heterocycles. The van der Waals surface area contributed by atoms with Crippen molar-refractivity contribution in [2.24, 2.45) is 0 Å². The molecule has 9 heavy (non-hydrogen) atoms. The van der Waals surface area contributed by atoms with Crippen LogP contribution in [0.1, 0.15) is 6.92 Å². The fraction of sp³-hybridized carbons (Fsp3) is 0.167. The van der Waals surface area contributed by atoms with Gasteiger partial charge in [-0.1, -0.05) is 18.2 Å². The zero-order valence-electron chi connectivity index (χ0n) is 4.96. The Morgan fingerprint density at radius 2 is 2.00 bits per heavy atom. The third kappa shape index (κ3) is 11.2. The smallest absolute Gasteiger partial charge is 0.0642 e. The molecule has 0 aromatic rings. The first-order chi connectivity index (χ1) is 3.77. The van der Waals surface area contributed by atoms with Crippen LogP contribution in [0, 0.1) is 0 Å². The molecule has 0 saturated heterocycles. The molecule has 0 fully saturated rings. The Balaban J connectivity index is 0. The van der Waals surface area contributed by atoms with Crippen LogP contribution in [-0.2, 0) is 21.6 Å². The zero-order chi connectivity index (χ0) is 6.41. The third-order valence-corrected chi connectivity index (χ3v) is 0.536. The summed E-state index contributed by atoms with van der Waals surface area (Å²) < 4.78 is 0. The average Bonchev–Trinajstić information content (AvgIpc) is 1.66. The predicted octanol–water partition coefficient (Wildman–Crippen LogP) is -0.134. The number of aliphatic carboxylic acids is 1. The molecule has 0 aromatic carbocycles. The maximum Gasteiger partial charge on any atom is 0.0642 e. The fourth-order valence-electron chi connectivity index (χ4n) is 0.245. The molecular weight excluding hydrogens is 163 g/mol. The number of carbonyl (C=O) groups excluding carboxylic acids is 1. The van der Waals surface area contributed by atoms with Crippen LogP contribution >= 0.6 is 0 Å². The first kappa shape index (κ1) is 11.3. The molecule has 0 rings (SSSR count). The molecule has 0 unspecified atom stereocenters. The van der Waals surface area contributed by atoms with E-state index in [1.807, 2.05) is 0 Å². The van der Waals surface area contributed by atoms with Gasteiger partial charge in [0.1, 0.15) is 0 Å². The summed E-state index contributed by atoms with van der Waals surface area (Å²) >= 11 is 0. The van der Waals surface area contributed by atoms with Crippen LogP contribution in [0.25, 0.3) is 0 Å². The zero-order valence-corrected chi connectivity index (χ0v) is 6.00. The van der Waals surface area contributed by atoms with Crippen LogP contribution in [-0.4, -0.2) is 5.97 Å². The van der Waals surface area contributed by atoms with Gasteiger partial charge >= 0.3 is 0 Å². The van der Waals surface area contributed by atoms with E-state index in [9.17, 15) is 9.90 Å². The molecule has 0 amide bonds. The van der Waals surface area contributed by atoms with Gasteiger partial charge in [-0.05, 0) is 13.0 Å².